The van der Waals surface area contributed by atoms with Crippen molar-refractivity contribution in [2.75, 3.05) is 5.75 Å². The minimum atomic E-state index is -3.55. The van der Waals surface area contributed by atoms with E-state index in [0.717, 1.165) is 19.3 Å². The van der Waals surface area contributed by atoms with Gasteiger partial charge >= 0.3 is 5.97 Å². The summed E-state index contributed by atoms with van der Waals surface area (Å²) in [5, 5.41) is 0. The van der Waals surface area contributed by atoms with Gasteiger partial charge in [0.1, 0.15) is 0 Å². The van der Waals surface area contributed by atoms with Crippen LogP contribution in [0.4, 0.5) is 0 Å². The highest BCUT2D eigenvalue weighted by atomic mass is 32.2. The quantitative estimate of drug-likeness (QED) is 0.674. The van der Waals surface area contributed by atoms with Gasteiger partial charge in [-0.05, 0) is 75.3 Å². The average Bonchev–Trinajstić information content (AvgIpc) is 2.66. The van der Waals surface area contributed by atoms with Gasteiger partial charge < -0.3 is 4.74 Å². The van der Waals surface area contributed by atoms with E-state index >= 15 is 0 Å². The average molecular weight is 405 g/mol. The number of benzene rings is 1. The summed E-state index contributed by atoms with van der Waals surface area (Å²) in [6.45, 7) is 3.17. The molecular formula is C22H28O5S. The molecule has 4 aliphatic rings. The van der Waals surface area contributed by atoms with Crippen molar-refractivity contribution in [3.8, 4) is 0 Å². The molecule has 0 aromatic heterocycles. The number of esters is 1. The van der Waals surface area contributed by atoms with Gasteiger partial charge in [0.25, 0.3) is 0 Å². The number of sulfone groups is 1. The lowest BCUT2D eigenvalue weighted by Crippen LogP contribution is -2.52. The van der Waals surface area contributed by atoms with Crippen molar-refractivity contribution in [3.05, 3.63) is 29.8 Å². The van der Waals surface area contributed by atoms with E-state index in [2.05, 4.69) is 0 Å². The molecular weight excluding hydrogens is 376 g/mol. The molecule has 4 bridgehead atoms. The minimum absolute atomic E-state index is 0.00881. The van der Waals surface area contributed by atoms with Crippen molar-refractivity contribution >= 4 is 21.6 Å². The molecule has 4 aliphatic carbocycles. The molecule has 0 aliphatic heterocycles. The maximum Gasteiger partial charge on any atom is 0.340 e. The zero-order chi connectivity index (χ0) is 20.1. The number of ether oxygens (including phenoxy) is 1. The molecule has 1 aromatic rings. The first-order valence-corrected chi connectivity index (χ1v) is 12.0. The van der Waals surface area contributed by atoms with Crippen LogP contribution < -0.4 is 0 Å². The normalized spacial score (nSPS) is 32.1. The highest BCUT2D eigenvalue weighted by molar-refractivity contribution is 7.91. The summed E-state index contributed by atoms with van der Waals surface area (Å²) in [5.74, 6) is 1.09. The van der Waals surface area contributed by atoms with Crippen LogP contribution in [0.25, 0.3) is 0 Å². The van der Waals surface area contributed by atoms with Gasteiger partial charge in [-0.15, -0.1) is 0 Å². The Kier molecular flexibility index (Phi) is 4.89. The van der Waals surface area contributed by atoms with E-state index in [9.17, 15) is 18.0 Å². The summed E-state index contributed by atoms with van der Waals surface area (Å²) in [6, 6.07) is 6.06. The van der Waals surface area contributed by atoms with Crippen LogP contribution in [0.3, 0.4) is 0 Å². The summed E-state index contributed by atoms with van der Waals surface area (Å²) in [4.78, 5) is 26.0. The summed E-state index contributed by atoms with van der Waals surface area (Å²) >= 11 is 0. The topological polar surface area (TPSA) is 77.5 Å². The third-order valence-electron chi connectivity index (χ3n) is 7.04. The molecule has 0 N–H and O–H groups in total. The Bertz CT molecular complexity index is 866. The number of rotatable bonds is 6. The van der Waals surface area contributed by atoms with Crippen molar-refractivity contribution in [2.24, 2.45) is 23.2 Å². The fourth-order valence-electron chi connectivity index (χ4n) is 6.18. The van der Waals surface area contributed by atoms with E-state index in [1.807, 2.05) is 0 Å². The second-order valence-electron chi connectivity index (χ2n) is 9.01. The molecule has 5 nitrogen and oxygen atoms in total. The van der Waals surface area contributed by atoms with Crippen molar-refractivity contribution in [3.63, 3.8) is 0 Å². The molecule has 1 atom stereocenters. The van der Waals surface area contributed by atoms with Gasteiger partial charge in [0.2, 0.25) is 0 Å². The van der Waals surface area contributed by atoms with Crippen LogP contribution in [0.2, 0.25) is 0 Å². The Morgan fingerprint density at radius 2 is 1.61 bits per heavy atom. The highest BCUT2D eigenvalue weighted by Crippen LogP contribution is 2.60. The minimum Gasteiger partial charge on any atom is -0.451 e. The van der Waals surface area contributed by atoms with E-state index in [1.165, 1.54) is 38.3 Å². The van der Waals surface area contributed by atoms with Crippen LogP contribution in [0.15, 0.2) is 29.2 Å². The van der Waals surface area contributed by atoms with Gasteiger partial charge in [0.15, 0.2) is 21.7 Å². The van der Waals surface area contributed by atoms with Gasteiger partial charge in [-0.3, -0.25) is 4.79 Å². The lowest BCUT2D eigenvalue weighted by atomic mass is 9.48. The molecule has 0 spiro atoms. The second kappa shape index (κ2) is 6.97. The Hall–Kier alpha value is -1.69. The summed E-state index contributed by atoms with van der Waals surface area (Å²) in [6.07, 6.45) is 5.61. The number of carbonyl (C=O) groups excluding carboxylic acids is 2. The maximum absolute atomic E-state index is 13.3. The first kappa shape index (κ1) is 19.6. The van der Waals surface area contributed by atoms with E-state index in [-0.39, 0.29) is 27.4 Å². The predicted octanol–water partition coefficient (Wildman–Crippen LogP) is 3.81. The number of ketones is 1. The molecule has 0 saturated heterocycles. The fourth-order valence-corrected chi connectivity index (χ4v) is 7.27. The van der Waals surface area contributed by atoms with Crippen LogP contribution in [0, 0.1) is 23.2 Å². The molecule has 0 amide bonds. The lowest BCUT2D eigenvalue weighted by Gasteiger charge is -2.56. The summed E-state index contributed by atoms with van der Waals surface area (Å²) < 4.78 is 30.1. The van der Waals surface area contributed by atoms with Crippen LogP contribution in [-0.2, 0) is 19.4 Å². The Morgan fingerprint density at radius 3 is 2.14 bits per heavy atom. The lowest BCUT2D eigenvalue weighted by molar-refractivity contribution is -0.152. The SMILES string of the molecule is CCS(=O)(=O)c1ccccc1C(=O)OC(C)C(=O)C12CC3CC(CC(C3)C1)C2. The zero-order valence-corrected chi connectivity index (χ0v) is 17.3. The van der Waals surface area contributed by atoms with E-state index in [0.29, 0.717) is 17.8 Å². The van der Waals surface area contributed by atoms with Crippen molar-refractivity contribution in [1.29, 1.82) is 0 Å². The first-order chi connectivity index (χ1) is 13.2. The van der Waals surface area contributed by atoms with Crippen LogP contribution in [0.5, 0.6) is 0 Å². The number of hydrogen-bond acceptors (Lipinski definition) is 5. The Labute approximate surface area is 166 Å². The van der Waals surface area contributed by atoms with Gasteiger partial charge in [0, 0.05) is 5.41 Å². The first-order valence-electron chi connectivity index (χ1n) is 10.3. The monoisotopic (exact) mass is 404 g/mol. The largest absolute Gasteiger partial charge is 0.451 e. The van der Waals surface area contributed by atoms with Crippen LogP contribution in [0.1, 0.15) is 62.7 Å². The van der Waals surface area contributed by atoms with Crippen LogP contribution >= 0.6 is 0 Å². The highest BCUT2D eigenvalue weighted by Gasteiger charge is 2.55. The number of hydrogen-bond donors (Lipinski definition) is 0. The molecule has 0 radical (unpaired) electrons. The predicted molar refractivity (Wildman–Crippen MR) is 105 cm³/mol. The third kappa shape index (κ3) is 3.30. The molecule has 1 unspecified atom stereocenters. The van der Waals surface area contributed by atoms with Crippen molar-refractivity contribution < 1.29 is 22.7 Å². The van der Waals surface area contributed by atoms with E-state index < -0.39 is 21.9 Å². The summed E-state index contributed by atoms with van der Waals surface area (Å²) in [5.41, 5.74) is -0.335. The van der Waals surface area contributed by atoms with Crippen LogP contribution in [-0.4, -0.2) is 32.0 Å². The molecule has 5 rings (SSSR count). The molecule has 4 fully saturated rings. The van der Waals surface area contributed by atoms with Gasteiger partial charge in [-0.2, -0.15) is 0 Å². The fraction of sp³-hybridized carbons (Fsp3) is 0.636. The van der Waals surface area contributed by atoms with E-state index in [1.54, 1.807) is 19.1 Å². The summed E-state index contributed by atoms with van der Waals surface area (Å²) in [7, 11) is -3.55. The zero-order valence-electron chi connectivity index (χ0n) is 16.5. The third-order valence-corrected chi connectivity index (χ3v) is 8.82. The molecule has 6 heteroatoms. The number of carbonyl (C=O) groups is 2. The molecule has 28 heavy (non-hydrogen) atoms. The standard InChI is InChI=1S/C22H28O5S/c1-3-28(25,26)19-7-5-4-6-18(19)21(24)27-14(2)20(23)22-11-15-8-16(12-22)10-17(9-15)13-22/h4-7,14-17H,3,8-13H2,1-2H3. The van der Waals surface area contributed by atoms with Crippen molar-refractivity contribution in [1.82, 2.24) is 0 Å². The van der Waals surface area contributed by atoms with Crippen molar-refractivity contribution in [2.45, 2.75) is 63.4 Å². The smallest absolute Gasteiger partial charge is 0.340 e. The molecule has 1 aromatic carbocycles. The molecule has 4 saturated carbocycles. The molecule has 0 heterocycles. The van der Waals surface area contributed by atoms with E-state index in [4.69, 9.17) is 4.74 Å². The Morgan fingerprint density at radius 1 is 1.07 bits per heavy atom. The van der Waals surface area contributed by atoms with Gasteiger partial charge in [-0.1, -0.05) is 19.1 Å². The Balaban J connectivity index is 1.53. The second-order valence-corrected chi connectivity index (χ2v) is 11.3. The van der Waals surface area contributed by atoms with Gasteiger partial charge in [-0.25, -0.2) is 13.2 Å². The maximum atomic E-state index is 13.3. The number of Topliss-reactive ketones (excluding diaryl/α,β-unsaturated/α-hetero) is 1. The van der Waals surface area contributed by atoms with Gasteiger partial charge in [0.05, 0.1) is 16.2 Å². The molecule has 152 valence electrons.